The van der Waals surface area contributed by atoms with Gasteiger partial charge in [-0.2, -0.15) is 0 Å². The van der Waals surface area contributed by atoms with E-state index >= 15 is 0 Å². The maximum atomic E-state index is 14.1. The smallest absolute Gasteiger partial charge is 0.256 e. The van der Waals surface area contributed by atoms with Crippen molar-refractivity contribution in [2.45, 2.75) is 36.8 Å². The second-order valence-corrected chi connectivity index (χ2v) is 11.1. The van der Waals surface area contributed by atoms with Crippen LogP contribution in [0.5, 0.6) is 0 Å². The van der Waals surface area contributed by atoms with Crippen molar-refractivity contribution in [1.82, 2.24) is 4.98 Å². The summed E-state index contributed by atoms with van der Waals surface area (Å²) in [5.74, 6) is 0. The summed E-state index contributed by atoms with van der Waals surface area (Å²) in [6.45, 7) is 5.68. The first-order chi connectivity index (χ1) is 14.7. The number of H-pyrrole nitrogens is 1. The molecule has 1 aliphatic carbocycles. The fraction of sp³-hybridized carbons (Fsp3) is 0.192. The van der Waals surface area contributed by atoms with Crippen molar-refractivity contribution in [3.8, 4) is 0 Å². The van der Waals surface area contributed by atoms with E-state index < -0.39 is 14.6 Å². The zero-order valence-corrected chi connectivity index (χ0v) is 18.5. The lowest BCUT2D eigenvalue weighted by Gasteiger charge is -2.30. The molecule has 3 aromatic carbocycles. The van der Waals surface area contributed by atoms with Crippen molar-refractivity contribution in [3.05, 3.63) is 88.2 Å². The molecule has 31 heavy (non-hydrogen) atoms. The molecule has 0 fully saturated rings. The molecule has 1 N–H and O–H groups in total. The summed E-state index contributed by atoms with van der Waals surface area (Å²) >= 11 is 0. The van der Waals surface area contributed by atoms with Gasteiger partial charge in [0.15, 0.2) is 9.84 Å². The summed E-state index contributed by atoms with van der Waals surface area (Å²) in [4.78, 5) is 16.0. The molecule has 0 saturated carbocycles. The summed E-state index contributed by atoms with van der Waals surface area (Å²) in [6, 6.07) is 16.6. The van der Waals surface area contributed by atoms with Gasteiger partial charge in [-0.3, -0.25) is 4.79 Å². The molecular weight excluding hydrogens is 406 g/mol. The minimum Gasteiger partial charge on any atom is -0.321 e. The molecule has 1 aromatic heterocycles. The Bertz CT molecular complexity index is 1620. The van der Waals surface area contributed by atoms with Gasteiger partial charge >= 0.3 is 0 Å². The summed E-state index contributed by atoms with van der Waals surface area (Å²) in [5, 5.41) is 3.59. The number of hydrogen-bond donors (Lipinski definition) is 1. The van der Waals surface area contributed by atoms with E-state index in [0.29, 0.717) is 28.1 Å². The van der Waals surface area contributed by atoms with Crippen LogP contribution in [0.4, 0.5) is 0 Å². The van der Waals surface area contributed by atoms with Gasteiger partial charge in [0.1, 0.15) is 0 Å². The second kappa shape index (κ2) is 6.66. The maximum Gasteiger partial charge on any atom is 0.256 e. The maximum absolute atomic E-state index is 14.1. The van der Waals surface area contributed by atoms with Crippen LogP contribution in [0.1, 0.15) is 27.2 Å². The molecule has 0 spiro atoms. The van der Waals surface area contributed by atoms with Gasteiger partial charge in [0.25, 0.3) is 5.56 Å². The van der Waals surface area contributed by atoms with Crippen LogP contribution in [-0.4, -0.2) is 18.1 Å². The van der Waals surface area contributed by atoms with Crippen LogP contribution in [0.3, 0.4) is 0 Å². The molecule has 1 heterocycles. The quantitative estimate of drug-likeness (QED) is 0.418. The van der Waals surface area contributed by atoms with Crippen LogP contribution in [0.25, 0.3) is 32.4 Å². The van der Waals surface area contributed by atoms with Crippen LogP contribution >= 0.6 is 0 Å². The van der Waals surface area contributed by atoms with E-state index in [-0.39, 0.29) is 10.5 Å². The van der Waals surface area contributed by atoms with Gasteiger partial charge < -0.3 is 4.98 Å². The topological polar surface area (TPSA) is 67.0 Å². The number of sulfone groups is 1. The highest BCUT2D eigenvalue weighted by atomic mass is 32.2. The van der Waals surface area contributed by atoms with Crippen LogP contribution < -0.4 is 5.56 Å². The normalized spacial score (nSPS) is 19.6. The molecule has 0 bridgehead atoms. The van der Waals surface area contributed by atoms with Crippen molar-refractivity contribution in [2.24, 2.45) is 0 Å². The average molecular weight is 430 g/mol. The number of fused-ring (bicyclic) bond motifs is 5. The van der Waals surface area contributed by atoms with Gasteiger partial charge in [-0.1, -0.05) is 59.7 Å². The van der Waals surface area contributed by atoms with E-state index in [1.807, 2.05) is 56.3 Å². The van der Waals surface area contributed by atoms with Crippen molar-refractivity contribution >= 4 is 42.3 Å². The molecule has 4 aromatic rings. The molecular formula is C26H23NO3S. The fourth-order valence-corrected chi connectivity index (χ4v) is 7.03. The van der Waals surface area contributed by atoms with E-state index in [1.165, 1.54) is 0 Å². The highest BCUT2D eigenvalue weighted by Crippen LogP contribution is 2.41. The first-order valence-electron chi connectivity index (χ1n) is 10.3. The van der Waals surface area contributed by atoms with E-state index in [0.717, 1.165) is 21.9 Å². The number of nitrogens with one attached hydrogen (secondary N) is 1. The lowest BCUT2D eigenvalue weighted by atomic mass is 9.92. The van der Waals surface area contributed by atoms with E-state index in [1.54, 1.807) is 31.2 Å². The van der Waals surface area contributed by atoms with Gasteiger partial charge in [0.2, 0.25) is 0 Å². The number of rotatable bonds is 2. The Hall–Kier alpha value is -3.18. The van der Waals surface area contributed by atoms with Crippen LogP contribution in [0.2, 0.25) is 0 Å². The number of benzene rings is 3. The van der Waals surface area contributed by atoms with E-state index in [9.17, 15) is 13.2 Å². The second-order valence-electron chi connectivity index (χ2n) is 8.71. The molecule has 5 rings (SSSR count). The van der Waals surface area contributed by atoms with E-state index in [4.69, 9.17) is 0 Å². The predicted octanol–water partition coefficient (Wildman–Crippen LogP) is 5.66. The van der Waals surface area contributed by atoms with Crippen LogP contribution in [0.15, 0.2) is 87.6 Å². The summed E-state index contributed by atoms with van der Waals surface area (Å²) in [5.41, 5.74) is 2.29. The number of aromatic amines is 1. The van der Waals surface area contributed by atoms with Gasteiger partial charge in [0.05, 0.1) is 15.2 Å². The Morgan fingerprint density at radius 2 is 1.68 bits per heavy atom. The summed E-state index contributed by atoms with van der Waals surface area (Å²) in [6.07, 6.45) is 4.31. The Morgan fingerprint density at radius 3 is 2.45 bits per heavy atom. The monoisotopic (exact) mass is 429 g/mol. The number of aromatic nitrogens is 1. The average Bonchev–Trinajstić information content (AvgIpc) is 2.71. The molecule has 0 saturated heterocycles. The zero-order valence-electron chi connectivity index (χ0n) is 17.7. The summed E-state index contributed by atoms with van der Waals surface area (Å²) in [7, 11) is -3.77. The number of pyridine rings is 1. The molecule has 0 aliphatic heterocycles. The Kier molecular flexibility index (Phi) is 4.25. The third-order valence-electron chi connectivity index (χ3n) is 6.24. The van der Waals surface area contributed by atoms with Gasteiger partial charge in [-0.05, 0) is 56.2 Å². The van der Waals surface area contributed by atoms with Crippen molar-refractivity contribution in [2.75, 3.05) is 0 Å². The van der Waals surface area contributed by atoms with Crippen molar-refractivity contribution < 1.29 is 8.42 Å². The molecule has 1 unspecified atom stereocenters. The molecule has 4 nitrogen and oxygen atoms in total. The molecule has 1 atom stereocenters. The molecule has 1 aliphatic rings. The fourth-order valence-electron chi connectivity index (χ4n) is 5.03. The largest absolute Gasteiger partial charge is 0.321 e. The third kappa shape index (κ3) is 2.87. The minimum atomic E-state index is -3.77. The van der Waals surface area contributed by atoms with Crippen LogP contribution in [-0.2, 0) is 9.84 Å². The van der Waals surface area contributed by atoms with Gasteiger partial charge in [-0.25, -0.2) is 8.42 Å². The number of allylic oxidation sites excluding steroid dienone is 3. The third-order valence-corrected chi connectivity index (χ3v) is 8.65. The first-order valence-corrected chi connectivity index (χ1v) is 11.8. The highest BCUT2D eigenvalue weighted by molar-refractivity contribution is 7.93. The molecule has 0 radical (unpaired) electrons. The Morgan fingerprint density at radius 1 is 0.903 bits per heavy atom. The zero-order chi connectivity index (χ0) is 22.0. The minimum absolute atomic E-state index is 0.221. The first kappa shape index (κ1) is 19.8. The van der Waals surface area contributed by atoms with Crippen molar-refractivity contribution in [3.63, 3.8) is 0 Å². The molecule has 5 heteroatoms. The molecule has 156 valence electrons. The molecule has 0 amide bonds. The van der Waals surface area contributed by atoms with Gasteiger partial charge in [0, 0.05) is 16.2 Å². The lowest BCUT2D eigenvalue weighted by Crippen LogP contribution is -2.35. The van der Waals surface area contributed by atoms with Crippen LogP contribution in [0, 0.1) is 0 Å². The SMILES string of the molecule is CC1=CC(C)(S(=O)(=O)c2cccc3[nH]c(=O)c4ccc5ccccc5c4c23)CC(C)=C1. The standard InChI is InChI=1S/C26H23NO3S/c1-16-13-17(2)15-26(3,14-16)31(29,30)22-10-6-9-21-24(22)23-19-8-5-4-7-18(19)11-12-20(23)25(28)27-21/h4-14H,15H2,1-3H3,(H,27,28). The predicted molar refractivity (Wildman–Crippen MR) is 127 cm³/mol. The highest BCUT2D eigenvalue weighted by Gasteiger charge is 2.41. The van der Waals surface area contributed by atoms with Crippen molar-refractivity contribution in [1.29, 1.82) is 0 Å². The summed E-state index contributed by atoms with van der Waals surface area (Å²) < 4.78 is 27.2. The Balaban J connectivity index is 1.96. The lowest BCUT2D eigenvalue weighted by molar-refractivity contribution is 0.559. The number of hydrogen-bond acceptors (Lipinski definition) is 3. The van der Waals surface area contributed by atoms with Gasteiger partial charge in [-0.15, -0.1) is 0 Å². The Labute approximate surface area is 180 Å². The van der Waals surface area contributed by atoms with E-state index in [2.05, 4.69) is 4.98 Å².